The molecule has 7 heteroatoms. The van der Waals surface area contributed by atoms with Gasteiger partial charge in [0, 0.05) is 24.4 Å². The topological polar surface area (TPSA) is 92.4 Å². The third kappa shape index (κ3) is 3.68. The number of aromatic carboxylic acids is 1. The fraction of sp³-hybridized carbons (Fsp3) is 0.429. The molecule has 0 spiro atoms. The van der Waals surface area contributed by atoms with E-state index in [1.54, 1.807) is 0 Å². The lowest BCUT2D eigenvalue weighted by Crippen LogP contribution is -2.32. The maximum atomic E-state index is 13.1. The normalized spacial score (nSPS) is 18.2. The molecule has 114 valence electrons. The lowest BCUT2D eigenvalue weighted by Gasteiger charge is -2.27. The number of nitrogens with one attached hydrogen (secondary N) is 1. The fourth-order valence-corrected chi connectivity index (χ4v) is 2.38. The predicted octanol–water partition coefficient (Wildman–Crippen LogP) is 2.73. The number of carbonyl (C=O) groups excluding carboxylic acids is 1. The molecule has 0 aliphatic heterocycles. The molecule has 0 saturated heterocycles. The standard InChI is InChI=1S/C14H16F2N2O3/c15-14(16)5-3-8(4-6-14)12(19)18-11-2-1-9(17)7-10(11)13(20)21/h1-2,7-8H,3-6,17H2,(H,18,19)(H,20,21). The van der Waals surface area contributed by atoms with E-state index in [4.69, 9.17) is 10.8 Å². The van der Waals surface area contributed by atoms with Crippen molar-refractivity contribution < 1.29 is 23.5 Å². The van der Waals surface area contributed by atoms with Gasteiger partial charge in [0.25, 0.3) is 0 Å². The van der Waals surface area contributed by atoms with Gasteiger partial charge in [0.2, 0.25) is 11.8 Å². The van der Waals surface area contributed by atoms with Gasteiger partial charge in [-0.25, -0.2) is 13.6 Å². The van der Waals surface area contributed by atoms with Crippen LogP contribution in [0.1, 0.15) is 36.0 Å². The van der Waals surface area contributed by atoms with E-state index in [2.05, 4.69) is 5.32 Å². The number of anilines is 2. The minimum atomic E-state index is -2.70. The van der Waals surface area contributed by atoms with Crippen LogP contribution in [0.5, 0.6) is 0 Å². The minimum absolute atomic E-state index is 0.0935. The molecule has 0 radical (unpaired) electrons. The summed E-state index contributed by atoms with van der Waals surface area (Å²) in [4.78, 5) is 23.2. The Morgan fingerprint density at radius 3 is 2.48 bits per heavy atom. The van der Waals surface area contributed by atoms with Gasteiger partial charge in [-0.1, -0.05) is 0 Å². The van der Waals surface area contributed by atoms with Crippen LogP contribution in [0, 0.1) is 5.92 Å². The van der Waals surface area contributed by atoms with Gasteiger partial charge in [0.15, 0.2) is 0 Å². The highest BCUT2D eigenvalue weighted by atomic mass is 19.3. The molecule has 0 atom stereocenters. The summed E-state index contributed by atoms with van der Waals surface area (Å²) in [5.74, 6) is -4.88. The maximum absolute atomic E-state index is 13.1. The van der Waals surface area contributed by atoms with Crippen LogP contribution in [-0.2, 0) is 4.79 Å². The molecular weight excluding hydrogens is 282 g/mol. The molecule has 0 heterocycles. The Labute approximate surface area is 120 Å². The van der Waals surface area contributed by atoms with Gasteiger partial charge in [-0.05, 0) is 31.0 Å². The quantitative estimate of drug-likeness (QED) is 0.748. The smallest absolute Gasteiger partial charge is 0.337 e. The highest BCUT2D eigenvalue weighted by Gasteiger charge is 2.37. The first-order valence-electron chi connectivity index (χ1n) is 6.60. The summed E-state index contributed by atoms with van der Waals surface area (Å²) < 4.78 is 26.1. The fourth-order valence-electron chi connectivity index (χ4n) is 2.38. The Hall–Kier alpha value is -2.18. The molecule has 1 fully saturated rings. The van der Waals surface area contributed by atoms with Crippen molar-refractivity contribution in [2.24, 2.45) is 5.92 Å². The Balaban J connectivity index is 2.08. The first kappa shape index (κ1) is 15.2. The number of rotatable bonds is 3. The van der Waals surface area contributed by atoms with Crippen molar-refractivity contribution in [2.75, 3.05) is 11.1 Å². The average molecular weight is 298 g/mol. The van der Waals surface area contributed by atoms with Crippen LogP contribution >= 0.6 is 0 Å². The molecule has 0 bridgehead atoms. The third-order valence-corrected chi connectivity index (χ3v) is 3.62. The zero-order valence-corrected chi connectivity index (χ0v) is 11.2. The number of alkyl halides is 2. The Morgan fingerprint density at radius 1 is 1.29 bits per heavy atom. The van der Waals surface area contributed by atoms with Gasteiger partial charge < -0.3 is 16.2 Å². The van der Waals surface area contributed by atoms with Crippen LogP contribution in [0.15, 0.2) is 18.2 Å². The second kappa shape index (κ2) is 5.67. The molecule has 1 amide bonds. The van der Waals surface area contributed by atoms with Gasteiger partial charge >= 0.3 is 5.97 Å². The van der Waals surface area contributed by atoms with Crippen molar-refractivity contribution in [3.05, 3.63) is 23.8 Å². The summed E-state index contributed by atoms with van der Waals surface area (Å²) in [6.07, 6.45) is -0.455. The number of benzene rings is 1. The SMILES string of the molecule is Nc1ccc(NC(=O)C2CCC(F)(F)CC2)c(C(=O)O)c1. The lowest BCUT2D eigenvalue weighted by molar-refractivity contribution is -0.124. The van der Waals surface area contributed by atoms with Crippen LogP contribution in [0.2, 0.25) is 0 Å². The monoisotopic (exact) mass is 298 g/mol. The number of hydrogen-bond donors (Lipinski definition) is 3. The van der Waals surface area contributed by atoms with Crippen LogP contribution in [0.25, 0.3) is 0 Å². The molecule has 0 aromatic heterocycles. The molecule has 1 aliphatic carbocycles. The highest BCUT2D eigenvalue weighted by molar-refractivity contribution is 6.01. The van der Waals surface area contributed by atoms with E-state index in [0.29, 0.717) is 0 Å². The first-order valence-corrected chi connectivity index (χ1v) is 6.60. The Kier molecular flexibility index (Phi) is 4.11. The Bertz CT molecular complexity index is 565. The van der Waals surface area contributed by atoms with Crippen LogP contribution in [0.3, 0.4) is 0 Å². The van der Waals surface area contributed by atoms with Crippen molar-refractivity contribution in [3.63, 3.8) is 0 Å². The lowest BCUT2D eigenvalue weighted by atomic mass is 9.86. The number of nitrogens with two attached hydrogens (primary N) is 1. The molecule has 21 heavy (non-hydrogen) atoms. The van der Waals surface area contributed by atoms with E-state index in [9.17, 15) is 18.4 Å². The summed E-state index contributed by atoms with van der Waals surface area (Å²) in [5, 5.41) is 11.6. The van der Waals surface area contributed by atoms with E-state index in [1.807, 2.05) is 0 Å². The van der Waals surface area contributed by atoms with Crippen molar-refractivity contribution in [1.29, 1.82) is 0 Å². The molecule has 1 aliphatic rings. The number of hydrogen-bond acceptors (Lipinski definition) is 3. The summed E-state index contributed by atoms with van der Waals surface area (Å²) in [7, 11) is 0. The number of carboxylic acids is 1. The van der Waals surface area contributed by atoms with Gasteiger partial charge in [-0.3, -0.25) is 4.79 Å². The Morgan fingerprint density at radius 2 is 1.90 bits per heavy atom. The molecular formula is C14H16F2N2O3. The third-order valence-electron chi connectivity index (χ3n) is 3.62. The van der Waals surface area contributed by atoms with Crippen LogP contribution in [-0.4, -0.2) is 22.9 Å². The molecule has 1 aromatic rings. The van der Waals surface area contributed by atoms with E-state index >= 15 is 0 Å². The molecule has 5 nitrogen and oxygen atoms in total. The zero-order chi connectivity index (χ0) is 15.6. The van der Waals surface area contributed by atoms with Gasteiger partial charge in [-0.15, -0.1) is 0 Å². The van der Waals surface area contributed by atoms with E-state index in [-0.39, 0.29) is 42.6 Å². The highest BCUT2D eigenvalue weighted by Crippen LogP contribution is 2.36. The summed E-state index contributed by atoms with van der Waals surface area (Å²) in [6, 6.07) is 4.11. The van der Waals surface area contributed by atoms with Gasteiger partial charge in [0.05, 0.1) is 11.3 Å². The van der Waals surface area contributed by atoms with Crippen LogP contribution < -0.4 is 11.1 Å². The van der Waals surface area contributed by atoms with Crippen molar-refractivity contribution in [2.45, 2.75) is 31.6 Å². The second-order valence-electron chi connectivity index (χ2n) is 5.23. The molecule has 0 unspecified atom stereocenters. The molecule has 4 N–H and O–H groups in total. The van der Waals surface area contributed by atoms with Gasteiger partial charge in [-0.2, -0.15) is 0 Å². The van der Waals surface area contributed by atoms with Crippen molar-refractivity contribution in [1.82, 2.24) is 0 Å². The van der Waals surface area contributed by atoms with E-state index in [1.165, 1.54) is 18.2 Å². The van der Waals surface area contributed by atoms with E-state index in [0.717, 1.165) is 0 Å². The number of carbonyl (C=O) groups is 2. The average Bonchev–Trinajstić information content (AvgIpc) is 2.40. The van der Waals surface area contributed by atoms with Crippen LogP contribution in [0.4, 0.5) is 20.2 Å². The molecule has 1 aromatic carbocycles. The number of nitrogen functional groups attached to an aromatic ring is 1. The van der Waals surface area contributed by atoms with Gasteiger partial charge in [0.1, 0.15) is 0 Å². The van der Waals surface area contributed by atoms with Crippen molar-refractivity contribution >= 4 is 23.3 Å². The number of carboxylic acid groups (broad SMARTS) is 1. The number of halogens is 2. The maximum Gasteiger partial charge on any atom is 0.337 e. The summed E-state index contributed by atoms with van der Waals surface area (Å²) >= 11 is 0. The van der Waals surface area contributed by atoms with E-state index < -0.39 is 23.7 Å². The largest absolute Gasteiger partial charge is 0.478 e. The summed E-state index contributed by atoms with van der Waals surface area (Å²) in [5.41, 5.74) is 5.78. The first-order chi connectivity index (χ1) is 9.78. The minimum Gasteiger partial charge on any atom is -0.478 e. The second-order valence-corrected chi connectivity index (χ2v) is 5.23. The zero-order valence-electron chi connectivity index (χ0n) is 11.2. The number of amides is 1. The predicted molar refractivity (Wildman–Crippen MR) is 73.3 cm³/mol. The summed E-state index contributed by atoms with van der Waals surface area (Å²) in [6.45, 7) is 0. The molecule has 1 saturated carbocycles. The molecule has 2 rings (SSSR count). The van der Waals surface area contributed by atoms with Crippen molar-refractivity contribution in [3.8, 4) is 0 Å².